The van der Waals surface area contributed by atoms with Crippen molar-refractivity contribution in [3.63, 3.8) is 0 Å². The van der Waals surface area contributed by atoms with Crippen molar-refractivity contribution in [2.45, 2.75) is 38.3 Å². The van der Waals surface area contributed by atoms with E-state index in [1.165, 1.54) is 12.8 Å². The molecule has 0 saturated carbocycles. The molecule has 1 unspecified atom stereocenters. The first kappa shape index (κ1) is 17.5. The van der Waals surface area contributed by atoms with E-state index in [2.05, 4.69) is 10.00 Å². The highest BCUT2D eigenvalue weighted by Gasteiger charge is 2.29. The van der Waals surface area contributed by atoms with Gasteiger partial charge in [-0.15, -0.1) is 0 Å². The molecule has 2 aromatic rings. The van der Waals surface area contributed by atoms with Gasteiger partial charge in [-0.2, -0.15) is 5.10 Å². The summed E-state index contributed by atoms with van der Waals surface area (Å²) in [6.45, 7) is 2.28. The van der Waals surface area contributed by atoms with Crippen molar-refractivity contribution in [1.82, 2.24) is 14.7 Å². The molecule has 3 rings (SSSR count). The molecule has 25 heavy (non-hydrogen) atoms. The van der Waals surface area contributed by atoms with Crippen molar-refractivity contribution in [3.05, 3.63) is 47.8 Å². The van der Waals surface area contributed by atoms with E-state index in [9.17, 15) is 9.90 Å². The lowest BCUT2D eigenvalue weighted by Crippen LogP contribution is -2.34. The summed E-state index contributed by atoms with van der Waals surface area (Å²) in [5.41, 5.74) is 1.85. The molecule has 134 valence electrons. The lowest BCUT2D eigenvalue weighted by Gasteiger charge is -2.26. The van der Waals surface area contributed by atoms with Crippen LogP contribution in [0, 0.1) is 0 Å². The van der Waals surface area contributed by atoms with Crippen LogP contribution in [-0.4, -0.2) is 46.0 Å². The fraction of sp³-hybridized carbons (Fsp3) is 0.474. The molecule has 1 atom stereocenters. The van der Waals surface area contributed by atoms with Crippen LogP contribution in [0.5, 0.6) is 5.75 Å². The minimum atomic E-state index is -0.800. The van der Waals surface area contributed by atoms with E-state index in [1.807, 2.05) is 30.5 Å². The van der Waals surface area contributed by atoms with Gasteiger partial charge in [0.2, 0.25) is 0 Å². The molecule has 6 heteroatoms. The van der Waals surface area contributed by atoms with Crippen LogP contribution in [0.1, 0.15) is 42.9 Å². The third-order valence-corrected chi connectivity index (χ3v) is 4.71. The van der Waals surface area contributed by atoms with Gasteiger partial charge < -0.3 is 9.84 Å². The number of hydrogen-bond acceptors (Lipinski definition) is 4. The summed E-state index contributed by atoms with van der Waals surface area (Å²) in [5.74, 6) is 0.0166. The number of carbonyl (C=O) groups is 1. The van der Waals surface area contributed by atoms with E-state index in [0.717, 1.165) is 42.8 Å². The number of likely N-dealkylation sites (tertiary alicyclic amines) is 1. The summed E-state index contributed by atoms with van der Waals surface area (Å²) >= 11 is 0. The average Bonchev–Trinajstić information content (AvgIpc) is 2.89. The van der Waals surface area contributed by atoms with Gasteiger partial charge in [0.25, 0.3) is 0 Å². The molecule has 1 aliphatic rings. The Labute approximate surface area is 148 Å². The molecule has 0 amide bonds. The number of carboxylic acids is 1. The average molecular weight is 343 g/mol. The zero-order valence-electron chi connectivity index (χ0n) is 14.6. The molecule has 0 spiro atoms. The summed E-state index contributed by atoms with van der Waals surface area (Å²) in [4.78, 5) is 13.9. The number of nitrogens with zero attached hydrogens (tertiary/aromatic N) is 3. The number of aromatic nitrogens is 2. The second-order valence-corrected chi connectivity index (χ2v) is 6.51. The zero-order chi connectivity index (χ0) is 17.6. The van der Waals surface area contributed by atoms with Crippen molar-refractivity contribution in [3.8, 4) is 5.75 Å². The molecule has 1 aromatic heterocycles. The Morgan fingerprint density at radius 3 is 2.48 bits per heavy atom. The first-order valence-corrected chi connectivity index (χ1v) is 8.79. The molecule has 0 bridgehead atoms. The highest BCUT2D eigenvalue weighted by molar-refractivity contribution is 5.75. The van der Waals surface area contributed by atoms with E-state index in [4.69, 9.17) is 4.74 Å². The number of benzene rings is 1. The number of methoxy groups -OCH3 is 1. The molecule has 1 N–H and O–H groups in total. The quantitative estimate of drug-likeness (QED) is 0.873. The number of rotatable bonds is 6. The van der Waals surface area contributed by atoms with Gasteiger partial charge in [0.15, 0.2) is 0 Å². The van der Waals surface area contributed by atoms with Crippen LogP contribution >= 0.6 is 0 Å². The number of carboxylic acid groups (broad SMARTS) is 1. The van der Waals surface area contributed by atoms with E-state index in [1.54, 1.807) is 18.0 Å². The third kappa shape index (κ3) is 4.39. The van der Waals surface area contributed by atoms with Crippen LogP contribution in [0.15, 0.2) is 36.7 Å². The van der Waals surface area contributed by atoms with Crippen LogP contribution in [0.25, 0.3) is 0 Å². The topological polar surface area (TPSA) is 67.6 Å². The monoisotopic (exact) mass is 343 g/mol. The van der Waals surface area contributed by atoms with Gasteiger partial charge in [-0.25, -0.2) is 0 Å². The molecule has 2 heterocycles. The molecule has 1 aromatic carbocycles. The second kappa shape index (κ2) is 8.16. The molecular weight excluding hydrogens is 318 g/mol. The van der Waals surface area contributed by atoms with Gasteiger partial charge in [0.05, 0.1) is 19.9 Å². The molecular formula is C19H25N3O3. The van der Waals surface area contributed by atoms with Crippen molar-refractivity contribution < 1.29 is 14.6 Å². The van der Waals surface area contributed by atoms with Crippen LogP contribution in [0.2, 0.25) is 0 Å². The lowest BCUT2D eigenvalue weighted by molar-refractivity contribution is -0.143. The van der Waals surface area contributed by atoms with Crippen LogP contribution < -0.4 is 4.74 Å². The second-order valence-electron chi connectivity index (χ2n) is 6.51. The molecule has 1 saturated heterocycles. The van der Waals surface area contributed by atoms with Gasteiger partial charge in [-0.05, 0) is 43.6 Å². The van der Waals surface area contributed by atoms with Gasteiger partial charge in [0, 0.05) is 11.8 Å². The normalized spacial score (nSPS) is 17.0. The van der Waals surface area contributed by atoms with Crippen molar-refractivity contribution in [2.24, 2.45) is 0 Å². The summed E-state index contributed by atoms with van der Waals surface area (Å²) < 4.78 is 6.96. The predicted octanol–water partition coefficient (Wildman–Crippen LogP) is 2.94. The maximum Gasteiger partial charge on any atom is 0.325 e. The minimum Gasteiger partial charge on any atom is -0.497 e. The minimum absolute atomic E-state index is 0.607. The number of ether oxygens (including phenoxy) is 1. The first-order valence-electron chi connectivity index (χ1n) is 8.79. The Morgan fingerprint density at radius 1 is 1.20 bits per heavy atom. The Morgan fingerprint density at radius 2 is 1.88 bits per heavy atom. The number of hydrogen-bond donors (Lipinski definition) is 1. The summed E-state index contributed by atoms with van der Waals surface area (Å²) in [7, 11) is 1.64. The molecule has 1 aliphatic heterocycles. The van der Waals surface area contributed by atoms with Gasteiger partial charge in [0.1, 0.15) is 11.8 Å². The fourth-order valence-electron chi connectivity index (χ4n) is 3.39. The summed E-state index contributed by atoms with van der Waals surface area (Å²) in [6, 6.07) is 7.20. The SMILES string of the molecule is COc1ccc(Cn2cc(C(C(=O)O)N3CCCCCC3)cn2)cc1. The van der Waals surface area contributed by atoms with E-state index in [0.29, 0.717) is 6.54 Å². The van der Waals surface area contributed by atoms with Crippen LogP contribution in [0.3, 0.4) is 0 Å². The van der Waals surface area contributed by atoms with Crippen LogP contribution in [0.4, 0.5) is 0 Å². The Bertz CT molecular complexity index is 688. The largest absolute Gasteiger partial charge is 0.497 e. The van der Waals surface area contributed by atoms with Crippen LogP contribution in [-0.2, 0) is 11.3 Å². The predicted molar refractivity (Wildman–Crippen MR) is 94.7 cm³/mol. The van der Waals surface area contributed by atoms with Gasteiger partial charge >= 0.3 is 5.97 Å². The maximum absolute atomic E-state index is 11.9. The highest BCUT2D eigenvalue weighted by Crippen LogP contribution is 2.24. The Balaban J connectivity index is 1.73. The maximum atomic E-state index is 11.9. The summed E-state index contributed by atoms with van der Waals surface area (Å²) in [5, 5.41) is 14.1. The van der Waals surface area contributed by atoms with Gasteiger partial charge in [-0.1, -0.05) is 25.0 Å². The standard InChI is InChI=1S/C19H25N3O3/c1-25-17-8-6-15(7-9-17)13-22-14-16(12-20-22)18(19(23)24)21-10-4-2-3-5-11-21/h6-9,12,14,18H,2-5,10-11,13H2,1H3,(H,23,24). The molecule has 0 aliphatic carbocycles. The summed E-state index contributed by atoms with van der Waals surface area (Å²) in [6.07, 6.45) is 8.02. The molecule has 1 fully saturated rings. The Hall–Kier alpha value is -2.34. The van der Waals surface area contributed by atoms with E-state index < -0.39 is 12.0 Å². The number of aliphatic carboxylic acids is 1. The molecule has 0 radical (unpaired) electrons. The smallest absolute Gasteiger partial charge is 0.325 e. The van der Waals surface area contributed by atoms with E-state index in [-0.39, 0.29) is 0 Å². The van der Waals surface area contributed by atoms with Crippen molar-refractivity contribution in [2.75, 3.05) is 20.2 Å². The third-order valence-electron chi connectivity index (χ3n) is 4.71. The van der Waals surface area contributed by atoms with E-state index >= 15 is 0 Å². The first-order chi connectivity index (χ1) is 12.2. The molecule has 6 nitrogen and oxygen atoms in total. The van der Waals surface area contributed by atoms with Crippen molar-refractivity contribution >= 4 is 5.97 Å². The Kier molecular flexibility index (Phi) is 5.71. The zero-order valence-corrected chi connectivity index (χ0v) is 14.6. The van der Waals surface area contributed by atoms with Crippen molar-refractivity contribution in [1.29, 1.82) is 0 Å². The van der Waals surface area contributed by atoms with Gasteiger partial charge in [-0.3, -0.25) is 14.4 Å². The lowest BCUT2D eigenvalue weighted by atomic mass is 10.1. The fourth-order valence-corrected chi connectivity index (χ4v) is 3.39. The highest BCUT2D eigenvalue weighted by atomic mass is 16.5.